The van der Waals surface area contributed by atoms with E-state index in [1.54, 1.807) is 0 Å². The standard InChI is InChI=1S/C12H18BrNS/c1-9(8-10-2-3-10)14-7-6-11-4-5-12(13)15-11/h4-5,9-10,14H,2-3,6-8H2,1H3. The minimum Gasteiger partial charge on any atom is -0.314 e. The van der Waals surface area contributed by atoms with Crippen LogP contribution in [0.5, 0.6) is 0 Å². The first-order valence-electron chi connectivity index (χ1n) is 5.71. The fourth-order valence-electron chi connectivity index (χ4n) is 1.86. The van der Waals surface area contributed by atoms with Crippen molar-refractivity contribution in [1.29, 1.82) is 0 Å². The number of thiophene rings is 1. The Labute approximate surface area is 104 Å². The largest absolute Gasteiger partial charge is 0.314 e. The monoisotopic (exact) mass is 287 g/mol. The molecule has 1 saturated carbocycles. The molecule has 0 aromatic carbocycles. The van der Waals surface area contributed by atoms with Crippen molar-refractivity contribution >= 4 is 27.3 Å². The van der Waals surface area contributed by atoms with Crippen LogP contribution < -0.4 is 5.32 Å². The molecule has 1 atom stereocenters. The van der Waals surface area contributed by atoms with Gasteiger partial charge in [-0.15, -0.1) is 11.3 Å². The van der Waals surface area contributed by atoms with Crippen LogP contribution in [0.25, 0.3) is 0 Å². The average molecular weight is 288 g/mol. The Bertz CT molecular complexity index is 306. The zero-order valence-electron chi connectivity index (χ0n) is 9.13. The lowest BCUT2D eigenvalue weighted by molar-refractivity contribution is 0.492. The third-order valence-corrected chi connectivity index (χ3v) is 4.56. The van der Waals surface area contributed by atoms with Crippen LogP contribution in [0.4, 0.5) is 0 Å². The van der Waals surface area contributed by atoms with Gasteiger partial charge in [0.25, 0.3) is 0 Å². The molecule has 0 radical (unpaired) electrons. The van der Waals surface area contributed by atoms with Gasteiger partial charge in [0.05, 0.1) is 3.79 Å². The second-order valence-corrected chi connectivity index (χ2v) is 7.04. The first-order chi connectivity index (χ1) is 7.24. The van der Waals surface area contributed by atoms with Crippen LogP contribution in [0.1, 0.15) is 31.1 Å². The summed E-state index contributed by atoms with van der Waals surface area (Å²) in [5.74, 6) is 1.03. The van der Waals surface area contributed by atoms with Gasteiger partial charge < -0.3 is 5.32 Å². The van der Waals surface area contributed by atoms with Crippen molar-refractivity contribution in [1.82, 2.24) is 5.32 Å². The molecule has 84 valence electrons. The molecule has 15 heavy (non-hydrogen) atoms. The maximum absolute atomic E-state index is 3.60. The zero-order chi connectivity index (χ0) is 10.7. The van der Waals surface area contributed by atoms with Crippen molar-refractivity contribution < 1.29 is 0 Å². The molecular formula is C12H18BrNS. The minimum atomic E-state index is 0.695. The summed E-state index contributed by atoms with van der Waals surface area (Å²) in [6, 6.07) is 5.04. The van der Waals surface area contributed by atoms with E-state index in [0.717, 1.165) is 18.9 Å². The summed E-state index contributed by atoms with van der Waals surface area (Å²) in [4.78, 5) is 1.47. The predicted molar refractivity (Wildman–Crippen MR) is 70.5 cm³/mol. The van der Waals surface area contributed by atoms with Crippen LogP contribution in [-0.4, -0.2) is 12.6 Å². The molecule has 0 spiro atoms. The Morgan fingerprint density at radius 3 is 2.93 bits per heavy atom. The second-order valence-electron chi connectivity index (χ2n) is 4.49. The van der Waals surface area contributed by atoms with Gasteiger partial charge in [-0.1, -0.05) is 12.8 Å². The number of nitrogens with one attached hydrogen (secondary N) is 1. The highest BCUT2D eigenvalue weighted by Gasteiger charge is 2.23. The third-order valence-electron chi connectivity index (χ3n) is 2.88. The van der Waals surface area contributed by atoms with Gasteiger partial charge in [-0.05, 0) is 53.7 Å². The molecule has 0 saturated heterocycles. The molecule has 1 aromatic rings. The molecular weight excluding hydrogens is 270 g/mol. The molecule has 1 aromatic heterocycles. The van der Waals surface area contributed by atoms with Crippen molar-refractivity contribution in [2.24, 2.45) is 5.92 Å². The van der Waals surface area contributed by atoms with Crippen molar-refractivity contribution in [3.63, 3.8) is 0 Å². The molecule has 3 heteroatoms. The van der Waals surface area contributed by atoms with Crippen LogP contribution in [0.3, 0.4) is 0 Å². The van der Waals surface area contributed by atoms with E-state index in [2.05, 4.69) is 40.3 Å². The smallest absolute Gasteiger partial charge is 0.0701 e. The van der Waals surface area contributed by atoms with E-state index < -0.39 is 0 Å². The third kappa shape index (κ3) is 4.25. The van der Waals surface area contributed by atoms with Gasteiger partial charge in [0, 0.05) is 17.5 Å². The van der Waals surface area contributed by atoms with Crippen molar-refractivity contribution in [2.45, 2.75) is 38.6 Å². The summed E-state index contributed by atoms with van der Waals surface area (Å²) in [5.41, 5.74) is 0. The van der Waals surface area contributed by atoms with Crippen molar-refractivity contribution in [2.75, 3.05) is 6.54 Å². The lowest BCUT2D eigenvalue weighted by Crippen LogP contribution is -2.28. The minimum absolute atomic E-state index is 0.695. The number of rotatable bonds is 6. The second kappa shape index (κ2) is 5.46. The molecule has 0 aliphatic heterocycles. The van der Waals surface area contributed by atoms with Crippen LogP contribution in [0.2, 0.25) is 0 Å². The highest BCUT2D eigenvalue weighted by molar-refractivity contribution is 9.11. The van der Waals surface area contributed by atoms with E-state index in [1.165, 1.54) is 27.9 Å². The molecule has 1 aliphatic carbocycles. The fourth-order valence-corrected chi connectivity index (χ4v) is 3.35. The van der Waals surface area contributed by atoms with Crippen LogP contribution in [0, 0.1) is 5.92 Å². The molecule has 1 heterocycles. The zero-order valence-corrected chi connectivity index (χ0v) is 11.5. The number of halogens is 1. The fraction of sp³-hybridized carbons (Fsp3) is 0.667. The molecule has 1 unspecified atom stereocenters. The lowest BCUT2D eigenvalue weighted by atomic mass is 10.1. The van der Waals surface area contributed by atoms with E-state index in [4.69, 9.17) is 0 Å². The number of hydrogen-bond acceptors (Lipinski definition) is 2. The topological polar surface area (TPSA) is 12.0 Å². The van der Waals surface area contributed by atoms with Crippen molar-refractivity contribution in [3.05, 3.63) is 20.8 Å². The first kappa shape index (κ1) is 11.6. The summed E-state index contributed by atoms with van der Waals surface area (Å²) in [5, 5.41) is 3.60. The summed E-state index contributed by atoms with van der Waals surface area (Å²) in [7, 11) is 0. The first-order valence-corrected chi connectivity index (χ1v) is 7.32. The highest BCUT2D eigenvalue weighted by atomic mass is 79.9. The molecule has 2 rings (SSSR count). The van der Waals surface area contributed by atoms with Crippen LogP contribution in [0.15, 0.2) is 15.9 Å². The normalized spacial score (nSPS) is 18.0. The SMILES string of the molecule is CC(CC1CC1)NCCc1ccc(Br)s1. The summed E-state index contributed by atoms with van der Waals surface area (Å²) in [6.07, 6.45) is 5.45. The van der Waals surface area contributed by atoms with Gasteiger partial charge >= 0.3 is 0 Å². The van der Waals surface area contributed by atoms with Gasteiger partial charge in [0.15, 0.2) is 0 Å². The molecule has 1 nitrogen and oxygen atoms in total. The Balaban J connectivity index is 1.61. The van der Waals surface area contributed by atoms with Crippen LogP contribution in [-0.2, 0) is 6.42 Å². The van der Waals surface area contributed by atoms with E-state index in [0.29, 0.717) is 6.04 Å². The van der Waals surface area contributed by atoms with Gasteiger partial charge in [-0.25, -0.2) is 0 Å². The predicted octanol–water partition coefficient (Wildman–Crippen LogP) is 3.83. The lowest BCUT2D eigenvalue weighted by Gasteiger charge is -2.12. The Morgan fingerprint density at radius 1 is 1.53 bits per heavy atom. The molecule has 0 bridgehead atoms. The quantitative estimate of drug-likeness (QED) is 0.839. The van der Waals surface area contributed by atoms with Gasteiger partial charge in [0.1, 0.15) is 0 Å². The van der Waals surface area contributed by atoms with E-state index in [1.807, 2.05) is 11.3 Å². The molecule has 1 N–H and O–H groups in total. The number of hydrogen-bond donors (Lipinski definition) is 1. The summed E-state index contributed by atoms with van der Waals surface area (Å²) in [6.45, 7) is 3.42. The van der Waals surface area contributed by atoms with Crippen LogP contribution >= 0.6 is 27.3 Å². The Kier molecular flexibility index (Phi) is 4.23. The Hall–Kier alpha value is 0.140. The van der Waals surface area contributed by atoms with Gasteiger partial charge in [-0.2, -0.15) is 0 Å². The van der Waals surface area contributed by atoms with E-state index >= 15 is 0 Å². The maximum Gasteiger partial charge on any atom is 0.0701 e. The average Bonchev–Trinajstić information content (AvgIpc) is 2.89. The van der Waals surface area contributed by atoms with E-state index in [9.17, 15) is 0 Å². The maximum atomic E-state index is 3.60. The molecule has 1 fully saturated rings. The van der Waals surface area contributed by atoms with Gasteiger partial charge in [-0.3, -0.25) is 0 Å². The summed E-state index contributed by atoms with van der Waals surface area (Å²) < 4.78 is 1.24. The summed E-state index contributed by atoms with van der Waals surface area (Å²) >= 11 is 5.33. The highest BCUT2D eigenvalue weighted by Crippen LogP contribution is 2.33. The van der Waals surface area contributed by atoms with E-state index in [-0.39, 0.29) is 0 Å². The molecule has 0 amide bonds. The molecule has 1 aliphatic rings. The van der Waals surface area contributed by atoms with Crippen molar-refractivity contribution in [3.8, 4) is 0 Å². The Morgan fingerprint density at radius 2 is 2.33 bits per heavy atom. The van der Waals surface area contributed by atoms with Gasteiger partial charge in [0.2, 0.25) is 0 Å².